The Morgan fingerprint density at radius 1 is 1.00 bits per heavy atom. The van der Waals surface area contributed by atoms with Gasteiger partial charge in [-0.3, -0.25) is 4.98 Å². The minimum atomic E-state index is 0.685. The summed E-state index contributed by atoms with van der Waals surface area (Å²) >= 11 is 12.3. The normalized spacial score (nSPS) is 10.9. The molecule has 3 heteroatoms. The molecule has 0 bridgehead atoms. The van der Waals surface area contributed by atoms with Crippen LogP contribution in [0.4, 0.5) is 0 Å². The van der Waals surface area contributed by atoms with E-state index < -0.39 is 0 Å². The molecule has 0 spiro atoms. The van der Waals surface area contributed by atoms with Crippen molar-refractivity contribution < 1.29 is 0 Å². The van der Waals surface area contributed by atoms with Crippen LogP contribution in [0.1, 0.15) is 11.1 Å². The Morgan fingerprint density at radius 3 is 2.43 bits per heavy atom. The molecule has 1 heterocycles. The van der Waals surface area contributed by atoms with Crippen molar-refractivity contribution in [1.82, 2.24) is 4.98 Å². The molecule has 0 unspecified atom stereocenters. The molecule has 2 aromatic rings. The van der Waals surface area contributed by atoms with Gasteiger partial charge in [0.25, 0.3) is 0 Å². The number of aromatic nitrogens is 1. The summed E-state index contributed by atoms with van der Waals surface area (Å²) in [5, 5.41) is 2.34. The minimum Gasteiger partial charge on any atom is -0.254 e. The van der Waals surface area contributed by atoms with Gasteiger partial charge >= 0.3 is 0 Å². The number of nitrogens with zero attached hydrogens (tertiary/aromatic N) is 1. The highest BCUT2D eigenvalue weighted by atomic mass is 35.5. The number of hydrogen-bond acceptors (Lipinski definition) is 1. The van der Waals surface area contributed by atoms with Gasteiger partial charge in [0.2, 0.25) is 0 Å². The lowest BCUT2D eigenvalue weighted by Gasteiger charge is -2.06. The van der Waals surface area contributed by atoms with Crippen LogP contribution in [-0.2, 0) is 0 Å². The predicted molar refractivity (Wildman–Crippen MR) is 61.2 cm³/mol. The molecule has 72 valence electrons. The van der Waals surface area contributed by atoms with E-state index in [1.807, 2.05) is 26.0 Å². The zero-order valence-corrected chi connectivity index (χ0v) is 9.45. The van der Waals surface area contributed by atoms with Crippen LogP contribution in [0.15, 0.2) is 18.3 Å². The summed E-state index contributed by atoms with van der Waals surface area (Å²) in [5.74, 6) is 0. The Kier molecular flexibility index (Phi) is 2.38. The first-order chi connectivity index (χ1) is 6.61. The molecule has 1 aromatic carbocycles. The van der Waals surface area contributed by atoms with Crippen molar-refractivity contribution in [2.75, 3.05) is 0 Å². The van der Waals surface area contributed by atoms with E-state index in [0.717, 1.165) is 27.1 Å². The quantitative estimate of drug-likeness (QED) is 0.657. The van der Waals surface area contributed by atoms with E-state index in [0.29, 0.717) is 5.02 Å². The fourth-order valence-corrected chi connectivity index (χ4v) is 1.81. The summed E-state index contributed by atoms with van der Waals surface area (Å²) in [7, 11) is 0. The second-order valence-corrected chi connectivity index (χ2v) is 4.10. The Morgan fingerprint density at radius 2 is 1.71 bits per heavy atom. The molecule has 0 amide bonds. The number of hydrogen-bond donors (Lipinski definition) is 0. The average molecular weight is 226 g/mol. The van der Waals surface area contributed by atoms with E-state index in [-0.39, 0.29) is 0 Å². The molecule has 0 fully saturated rings. The largest absolute Gasteiger partial charge is 0.254 e. The molecule has 0 atom stereocenters. The predicted octanol–water partition coefficient (Wildman–Crippen LogP) is 4.16. The first-order valence-electron chi connectivity index (χ1n) is 4.31. The van der Waals surface area contributed by atoms with Gasteiger partial charge < -0.3 is 0 Å². The van der Waals surface area contributed by atoms with Gasteiger partial charge in [0.1, 0.15) is 0 Å². The molecule has 14 heavy (non-hydrogen) atoms. The maximum absolute atomic E-state index is 6.15. The van der Waals surface area contributed by atoms with Crippen LogP contribution in [0.3, 0.4) is 0 Å². The van der Waals surface area contributed by atoms with E-state index in [1.165, 1.54) is 0 Å². The summed E-state index contributed by atoms with van der Waals surface area (Å²) in [6.45, 7) is 3.89. The van der Waals surface area contributed by atoms with Crippen LogP contribution in [0.2, 0.25) is 10.0 Å². The smallest absolute Gasteiger partial charge is 0.0905 e. The second kappa shape index (κ2) is 3.41. The SMILES string of the molecule is Cc1cnc2c(Cl)c(C)ccc2c1Cl. The molecule has 2 rings (SSSR count). The zero-order chi connectivity index (χ0) is 10.3. The number of rotatable bonds is 0. The van der Waals surface area contributed by atoms with Crippen molar-refractivity contribution in [3.63, 3.8) is 0 Å². The molecule has 0 aliphatic carbocycles. The van der Waals surface area contributed by atoms with E-state index in [2.05, 4.69) is 4.98 Å². The third kappa shape index (κ3) is 1.37. The molecule has 0 aliphatic rings. The Bertz CT molecular complexity index is 459. The highest BCUT2D eigenvalue weighted by molar-refractivity contribution is 6.39. The minimum absolute atomic E-state index is 0.685. The van der Waals surface area contributed by atoms with Crippen LogP contribution >= 0.6 is 23.2 Å². The lowest BCUT2D eigenvalue weighted by atomic mass is 10.1. The fraction of sp³-hybridized carbons (Fsp3) is 0.182. The zero-order valence-electron chi connectivity index (χ0n) is 7.94. The molecule has 0 N–H and O–H groups in total. The second-order valence-electron chi connectivity index (χ2n) is 3.35. The summed E-state index contributed by atoms with van der Waals surface area (Å²) in [5.41, 5.74) is 2.77. The van der Waals surface area contributed by atoms with Gasteiger partial charge in [-0.15, -0.1) is 0 Å². The number of aryl methyl sites for hydroxylation is 2. The van der Waals surface area contributed by atoms with E-state index >= 15 is 0 Å². The number of fused-ring (bicyclic) bond motifs is 1. The van der Waals surface area contributed by atoms with Crippen LogP contribution in [0, 0.1) is 13.8 Å². The number of halogens is 2. The van der Waals surface area contributed by atoms with Crippen LogP contribution in [0.25, 0.3) is 10.9 Å². The van der Waals surface area contributed by atoms with E-state index in [1.54, 1.807) is 6.20 Å². The molecule has 0 aliphatic heterocycles. The van der Waals surface area contributed by atoms with E-state index in [9.17, 15) is 0 Å². The van der Waals surface area contributed by atoms with Gasteiger partial charge in [-0.25, -0.2) is 0 Å². The summed E-state index contributed by atoms with van der Waals surface area (Å²) < 4.78 is 0. The van der Waals surface area contributed by atoms with Gasteiger partial charge in [0.15, 0.2) is 0 Å². The Hall–Kier alpha value is -0.790. The van der Waals surface area contributed by atoms with Gasteiger partial charge in [-0.1, -0.05) is 35.3 Å². The third-order valence-corrected chi connectivity index (χ3v) is 3.26. The van der Waals surface area contributed by atoms with Gasteiger partial charge in [0, 0.05) is 11.6 Å². The van der Waals surface area contributed by atoms with Gasteiger partial charge in [-0.2, -0.15) is 0 Å². The molecular weight excluding hydrogens is 217 g/mol. The number of benzene rings is 1. The molecular formula is C11H9Cl2N. The molecule has 1 aromatic heterocycles. The van der Waals surface area contributed by atoms with Crippen molar-refractivity contribution in [3.8, 4) is 0 Å². The molecule has 0 saturated heterocycles. The van der Waals surface area contributed by atoms with Crippen molar-refractivity contribution >= 4 is 34.1 Å². The lowest BCUT2D eigenvalue weighted by Crippen LogP contribution is -1.86. The number of pyridine rings is 1. The van der Waals surface area contributed by atoms with Crippen molar-refractivity contribution in [2.45, 2.75) is 13.8 Å². The van der Waals surface area contributed by atoms with Crippen LogP contribution < -0.4 is 0 Å². The first-order valence-corrected chi connectivity index (χ1v) is 5.07. The Balaban J connectivity index is 2.94. The highest BCUT2D eigenvalue weighted by Crippen LogP contribution is 2.31. The van der Waals surface area contributed by atoms with Crippen LogP contribution in [0.5, 0.6) is 0 Å². The topological polar surface area (TPSA) is 12.9 Å². The Labute approximate surface area is 92.7 Å². The maximum Gasteiger partial charge on any atom is 0.0905 e. The van der Waals surface area contributed by atoms with Gasteiger partial charge in [0.05, 0.1) is 15.6 Å². The van der Waals surface area contributed by atoms with Crippen molar-refractivity contribution in [1.29, 1.82) is 0 Å². The molecule has 0 radical (unpaired) electrons. The summed E-state index contributed by atoms with van der Waals surface area (Å²) in [6.07, 6.45) is 1.75. The van der Waals surface area contributed by atoms with E-state index in [4.69, 9.17) is 23.2 Å². The van der Waals surface area contributed by atoms with Crippen LogP contribution in [-0.4, -0.2) is 4.98 Å². The molecule has 0 saturated carbocycles. The third-order valence-electron chi connectivity index (χ3n) is 2.28. The standard InChI is InChI=1S/C11H9Cl2N/c1-6-3-4-8-9(12)7(2)5-14-11(8)10(6)13/h3-5H,1-2H3. The monoisotopic (exact) mass is 225 g/mol. The lowest BCUT2D eigenvalue weighted by molar-refractivity contribution is 1.32. The summed E-state index contributed by atoms with van der Waals surface area (Å²) in [4.78, 5) is 4.29. The highest BCUT2D eigenvalue weighted by Gasteiger charge is 2.07. The molecule has 1 nitrogen and oxygen atoms in total. The summed E-state index contributed by atoms with van der Waals surface area (Å²) in [6, 6.07) is 3.91. The maximum atomic E-state index is 6.15. The fourth-order valence-electron chi connectivity index (χ4n) is 1.40. The first kappa shape index (κ1) is 9.75. The van der Waals surface area contributed by atoms with Crippen molar-refractivity contribution in [2.24, 2.45) is 0 Å². The van der Waals surface area contributed by atoms with Crippen molar-refractivity contribution in [3.05, 3.63) is 39.5 Å². The average Bonchev–Trinajstić information content (AvgIpc) is 2.17. The van der Waals surface area contributed by atoms with Gasteiger partial charge in [-0.05, 0) is 25.0 Å².